The quantitative estimate of drug-likeness (QED) is 0.384. The fourth-order valence-corrected chi connectivity index (χ4v) is 6.65. The van der Waals surface area contributed by atoms with E-state index in [4.69, 9.17) is 0 Å². The zero-order chi connectivity index (χ0) is 25.9. The molecule has 0 radical (unpaired) electrons. The van der Waals surface area contributed by atoms with Crippen molar-refractivity contribution in [2.24, 2.45) is 5.41 Å². The Morgan fingerprint density at radius 3 is 2.25 bits per heavy atom. The van der Waals surface area contributed by atoms with Gasteiger partial charge in [-0.15, -0.1) is 0 Å². The molecule has 8 heteroatoms. The van der Waals surface area contributed by atoms with E-state index < -0.39 is 21.8 Å². The second-order valence-corrected chi connectivity index (χ2v) is 12.3. The van der Waals surface area contributed by atoms with Crippen LogP contribution in [0.3, 0.4) is 0 Å². The van der Waals surface area contributed by atoms with Crippen LogP contribution in [-0.2, 0) is 22.6 Å². The summed E-state index contributed by atoms with van der Waals surface area (Å²) in [4.78, 5) is 0.166. The largest absolute Gasteiger partial charge is 0.416 e. The summed E-state index contributed by atoms with van der Waals surface area (Å²) in [6, 6.07) is 17.2. The van der Waals surface area contributed by atoms with Gasteiger partial charge in [0.05, 0.1) is 27.8 Å². The molecule has 1 saturated carbocycles. The van der Waals surface area contributed by atoms with Crippen LogP contribution in [0.1, 0.15) is 54.9 Å². The highest BCUT2D eigenvalue weighted by atomic mass is 32.2. The van der Waals surface area contributed by atoms with Gasteiger partial charge in [0.1, 0.15) is 0 Å². The van der Waals surface area contributed by atoms with Gasteiger partial charge < -0.3 is 0 Å². The third-order valence-corrected chi connectivity index (χ3v) is 8.64. The highest BCUT2D eigenvalue weighted by molar-refractivity contribution is 7.92. The highest BCUT2D eigenvalue weighted by Crippen LogP contribution is 2.44. The summed E-state index contributed by atoms with van der Waals surface area (Å²) < 4.78 is 68.0. The smallest absolute Gasteiger partial charge is 0.266 e. The minimum absolute atomic E-state index is 0.166. The third-order valence-electron chi connectivity index (χ3n) is 6.88. The van der Waals surface area contributed by atoms with Crippen LogP contribution >= 0.6 is 0 Å². The van der Waals surface area contributed by atoms with Crippen LogP contribution in [0.15, 0.2) is 65.6 Å². The monoisotopic (exact) mass is 510 g/mol. The maximum absolute atomic E-state index is 13.9. The molecule has 1 aliphatic heterocycles. The lowest BCUT2D eigenvalue weighted by molar-refractivity contribution is -0.137. The molecular weight excluding hydrogens is 485 g/mol. The van der Waals surface area contributed by atoms with Crippen LogP contribution in [0.5, 0.6) is 0 Å². The Morgan fingerprint density at radius 2 is 1.64 bits per heavy atom. The van der Waals surface area contributed by atoms with Gasteiger partial charge >= 0.3 is 6.18 Å². The summed E-state index contributed by atoms with van der Waals surface area (Å²) in [6.45, 7) is 4.29. The number of hydrogen-bond donors (Lipinski definition) is 0. The van der Waals surface area contributed by atoms with Crippen LogP contribution in [-0.4, -0.2) is 15.0 Å². The molecule has 1 fully saturated rings. The molecule has 0 unspecified atom stereocenters. The fraction of sp³-hybridized carbons (Fsp3) is 0.321. The van der Waals surface area contributed by atoms with E-state index in [1.165, 1.54) is 22.5 Å². The standard InChI is InChI=1S/C28H25F3N2O2S/c1-27(2)15-22-13-20(18-5-9-23(10-6-18)28(29,30)31)8-12-26(22)33(17-27)36(34,35)24-11-7-21(16-32)25(14-24)19-3-4-19/h5-14,19H,3-4,15,17H2,1-2H3. The SMILES string of the molecule is CC1(C)Cc2cc(-c3ccc(C(F)(F)F)cc3)ccc2N(S(=O)(=O)c2ccc(C#N)c(C3CC3)c2)C1. The van der Waals surface area contributed by atoms with Gasteiger partial charge in [-0.05, 0) is 95.3 Å². The van der Waals surface area contributed by atoms with Gasteiger partial charge in [-0.25, -0.2) is 8.42 Å². The topological polar surface area (TPSA) is 61.2 Å². The highest BCUT2D eigenvalue weighted by Gasteiger charge is 2.38. The van der Waals surface area contributed by atoms with Gasteiger partial charge in [-0.3, -0.25) is 4.31 Å². The number of fused-ring (bicyclic) bond motifs is 1. The number of sulfonamides is 1. The van der Waals surface area contributed by atoms with Crippen molar-refractivity contribution in [2.45, 2.75) is 50.1 Å². The van der Waals surface area contributed by atoms with Gasteiger partial charge in [-0.2, -0.15) is 18.4 Å². The number of benzene rings is 3. The van der Waals surface area contributed by atoms with Gasteiger partial charge in [0.2, 0.25) is 0 Å². The van der Waals surface area contributed by atoms with Gasteiger partial charge in [0, 0.05) is 6.54 Å². The molecule has 0 amide bonds. The summed E-state index contributed by atoms with van der Waals surface area (Å²) in [6.07, 6.45) is -1.88. The van der Waals surface area contributed by atoms with Crippen molar-refractivity contribution in [3.63, 3.8) is 0 Å². The first-order valence-electron chi connectivity index (χ1n) is 11.8. The van der Waals surface area contributed by atoms with E-state index in [2.05, 4.69) is 6.07 Å². The summed E-state index contributed by atoms with van der Waals surface area (Å²) in [5.74, 6) is 0.228. The van der Waals surface area contributed by atoms with Crippen molar-refractivity contribution in [3.05, 3.63) is 82.9 Å². The molecule has 0 spiro atoms. The maximum Gasteiger partial charge on any atom is 0.416 e. The maximum atomic E-state index is 13.9. The van der Waals surface area contributed by atoms with E-state index in [-0.39, 0.29) is 16.2 Å². The fourth-order valence-electron chi connectivity index (χ4n) is 4.92. The molecular formula is C28H25F3N2O2S. The molecule has 0 bridgehead atoms. The minimum Gasteiger partial charge on any atom is -0.266 e. The Balaban J connectivity index is 1.55. The number of rotatable bonds is 4. The van der Waals surface area contributed by atoms with Crippen LogP contribution in [0.25, 0.3) is 11.1 Å². The van der Waals surface area contributed by atoms with Crippen molar-refractivity contribution in [1.29, 1.82) is 5.26 Å². The molecule has 4 nitrogen and oxygen atoms in total. The van der Waals surface area contributed by atoms with Crippen molar-refractivity contribution >= 4 is 15.7 Å². The zero-order valence-electron chi connectivity index (χ0n) is 19.9. The lowest BCUT2D eigenvalue weighted by atomic mass is 9.81. The molecule has 1 heterocycles. The summed E-state index contributed by atoms with van der Waals surface area (Å²) in [7, 11) is -3.90. The second-order valence-electron chi connectivity index (χ2n) is 10.4. The lowest BCUT2D eigenvalue weighted by Crippen LogP contribution is -2.44. The number of alkyl halides is 3. The number of nitriles is 1. The predicted molar refractivity (Wildman–Crippen MR) is 132 cm³/mol. The number of nitrogens with zero attached hydrogens (tertiary/aromatic N) is 2. The average Bonchev–Trinajstić information content (AvgIpc) is 3.67. The van der Waals surface area contributed by atoms with E-state index in [9.17, 15) is 26.9 Å². The Morgan fingerprint density at radius 1 is 0.972 bits per heavy atom. The number of halogens is 3. The second kappa shape index (κ2) is 8.38. The molecule has 2 aliphatic rings. The Hall–Kier alpha value is -3.31. The van der Waals surface area contributed by atoms with Gasteiger partial charge in [0.15, 0.2) is 0 Å². The molecule has 0 saturated heterocycles. The molecule has 5 rings (SSSR count). The molecule has 0 N–H and O–H groups in total. The molecule has 1 aliphatic carbocycles. The lowest BCUT2D eigenvalue weighted by Gasteiger charge is -2.40. The van der Waals surface area contributed by atoms with Crippen LogP contribution < -0.4 is 4.31 Å². The first-order valence-corrected chi connectivity index (χ1v) is 13.2. The molecule has 3 aromatic rings. The third kappa shape index (κ3) is 4.48. The van der Waals surface area contributed by atoms with E-state index in [1.807, 2.05) is 19.9 Å². The first-order chi connectivity index (χ1) is 16.9. The van der Waals surface area contributed by atoms with Crippen molar-refractivity contribution < 1.29 is 21.6 Å². The summed E-state index contributed by atoms with van der Waals surface area (Å²) >= 11 is 0. The van der Waals surface area contributed by atoms with E-state index >= 15 is 0 Å². The van der Waals surface area contributed by atoms with Gasteiger partial charge in [0.25, 0.3) is 10.0 Å². The zero-order valence-corrected chi connectivity index (χ0v) is 20.7. The molecule has 186 valence electrons. The first kappa shape index (κ1) is 24.4. The molecule has 0 atom stereocenters. The van der Waals surface area contributed by atoms with Crippen molar-refractivity contribution in [1.82, 2.24) is 0 Å². The van der Waals surface area contributed by atoms with E-state index in [0.29, 0.717) is 29.8 Å². The average molecular weight is 511 g/mol. The molecule has 3 aromatic carbocycles. The van der Waals surface area contributed by atoms with Gasteiger partial charge in [-0.1, -0.05) is 32.0 Å². The number of anilines is 1. The molecule has 0 aromatic heterocycles. The normalized spacial score (nSPS) is 17.4. The summed E-state index contributed by atoms with van der Waals surface area (Å²) in [5, 5.41) is 9.45. The van der Waals surface area contributed by atoms with E-state index in [1.54, 1.807) is 24.3 Å². The molecule has 36 heavy (non-hydrogen) atoms. The Kier molecular flexibility index (Phi) is 5.68. The van der Waals surface area contributed by atoms with Crippen molar-refractivity contribution in [2.75, 3.05) is 10.8 Å². The Labute approximate surface area is 209 Å². The predicted octanol–water partition coefficient (Wildman–Crippen LogP) is 6.90. The van der Waals surface area contributed by atoms with Crippen LogP contribution in [0.4, 0.5) is 18.9 Å². The van der Waals surface area contributed by atoms with Crippen LogP contribution in [0, 0.1) is 16.7 Å². The van der Waals surface area contributed by atoms with Crippen LogP contribution in [0.2, 0.25) is 0 Å². The summed E-state index contributed by atoms with van der Waals surface area (Å²) in [5.41, 5.74) is 2.98. The Bertz CT molecular complexity index is 1480. The number of hydrogen-bond acceptors (Lipinski definition) is 3. The van der Waals surface area contributed by atoms with Crippen molar-refractivity contribution in [3.8, 4) is 17.2 Å². The minimum atomic E-state index is -4.40. The van der Waals surface area contributed by atoms with E-state index in [0.717, 1.165) is 41.7 Å².